The van der Waals surface area contributed by atoms with Crippen molar-refractivity contribution in [2.24, 2.45) is 0 Å². The average Bonchev–Trinajstić information content (AvgIpc) is 3.14. The van der Waals surface area contributed by atoms with Gasteiger partial charge in [0.15, 0.2) is 12.6 Å². The van der Waals surface area contributed by atoms with Gasteiger partial charge in [0.2, 0.25) is 5.91 Å². The fourth-order valence-corrected chi connectivity index (χ4v) is 6.58. The maximum atomic E-state index is 12.8. The van der Waals surface area contributed by atoms with Crippen LogP contribution < -0.4 is 5.32 Å². The van der Waals surface area contributed by atoms with E-state index in [2.05, 4.69) is 19.2 Å². The Morgan fingerprint density at radius 1 is 0.673 bits per heavy atom. The first-order valence-corrected chi connectivity index (χ1v) is 19.9. The van der Waals surface area contributed by atoms with E-state index < -0.39 is 86.8 Å². The van der Waals surface area contributed by atoms with Gasteiger partial charge in [0.1, 0.15) is 48.8 Å². The molecule has 2 aliphatic heterocycles. The second-order valence-corrected chi connectivity index (χ2v) is 14.4. The van der Waals surface area contributed by atoms with Crippen molar-refractivity contribution >= 4 is 5.91 Å². The Morgan fingerprint density at radius 2 is 1.19 bits per heavy atom. The SMILES string of the molecule is CCCCCCCCCCCCCC=C[C@@H](O)[C@H](COC1OC(CO)C(OC2OC(CO)C(O)C(O)C2O)C(O)C1O)NC(=O)CCCCCCC. The molecule has 306 valence electrons. The van der Waals surface area contributed by atoms with Crippen LogP contribution in [0.15, 0.2) is 12.2 Å². The molecule has 14 heteroatoms. The maximum absolute atomic E-state index is 12.8. The number of amides is 1. The number of carbonyl (C=O) groups excluding carboxylic acids is 1. The highest BCUT2D eigenvalue weighted by Gasteiger charge is 2.50. The summed E-state index contributed by atoms with van der Waals surface area (Å²) in [5.74, 6) is -0.255. The zero-order valence-corrected chi connectivity index (χ0v) is 31.6. The van der Waals surface area contributed by atoms with Crippen LogP contribution >= 0.6 is 0 Å². The number of unbranched alkanes of at least 4 members (excludes halogenated alkanes) is 15. The average molecular weight is 750 g/mol. The highest BCUT2D eigenvalue weighted by Crippen LogP contribution is 2.29. The van der Waals surface area contributed by atoms with E-state index in [1.165, 1.54) is 57.8 Å². The van der Waals surface area contributed by atoms with Crippen molar-refractivity contribution in [1.29, 1.82) is 0 Å². The van der Waals surface area contributed by atoms with E-state index in [1.807, 2.05) is 6.08 Å². The van der Waals surface area contributed by atoms with Gasteiger partial charge in [-0.1, -0.05) is 116 Å². The Labute approximate surface area is 310 Å². The summed E-state index contributed by atoms with van der Waals surface area (Å²) in [6, 6.07) is -0.902. The van der Waals surface area contributed by atoms with Crippen molar-refractivity contribution < 1.29 is 64.6 Å². The second-order valence-electron chi connectivity index (χ2n) is 14.4. The maximum Gasteiger partial charge on any atom is 0.220 e. The highest BCUT2D eigenvalue weighted by molar-refractivity contribution is 5.76. The number of ether oxygens (including phenoxy) is 4. The summed E-state index contributed by atoms with van der Waals surface area (Å²) in [6.07, 6.45) is 6.08. The zero-order valence-electron chi connectivity index (χ0n) is 31.6. The number of carbonyl (C=O) groups is 1. The minimum atomic E-state index is -1.78. The lowest BCUT2D eigenvalue weighted by Crippen LogP contribution is -2.65. The van der Waals surface area contributed by atoms with Crippen LogP contribution in [-0.4, -0.2) is 140 Å². The van der Waals surface area contributed by atoms with E-state index in [9.17, 15) is 45.6 Å². The Balaban J connectivity index is 1.93. The number of hydrogen-bond acceptors (Lipinski definition) is 13. The van der Waals surface area contributed by atoms with Crippen LogP contribution in [0.2, 0.25) is 0 Å². The topological polar surface area (TPSA) is 228 Å². The molecule has 0 aromatic carbocycles. The largest absolute Gasteiger partial charge is 0.394 e. The summed E-state index contributed by atoms with van der Waals surface area (Å²) in [5, 5.41) is 85.8. The number of aliphatic hydroxyl groups excluding tert-OH is 8. The molecule has 2 heterocycles. The monoisotopic (exact) mass is 749 g/mol. The highest BCUT2D eigenvalue weighted by atomic mass is 16.7. The molecule has 2 rings (SSSR count). The van der Waals surface area contributed by atoms with Crippen LogP contribution in [0, 0.1) is 0 Å². The smallest absolute Gasteiger partial charge is 0.220 e. The number of allylic oxidation sites excluding steroid dienone is 1. The fourth-order valence-electron chi connectivity index (χ4n) is 6.58. The van der Waals surface area contributed by atoms with Crippen LogP contribution in [0.1, 0.15) is 129 Å². The third-order valence-electron chi connectivity index (χ3n) is 9.97. The van der Waals surface area contributed by atoms with Gasteiger partial charge in [-0.2, -0.15) is 0 Å². The Hall–Kier alpha value is -1.27. The fraction of sp³-hybridized carbons (Fsp3) is 0.921. The van der Waals surface area contributed by atoms with Gasteiger partial charge in [0.05, 0.1) is 32.0 Å². The molecule has 10 unspecified atom stereocenters. The predicted molar refractivity (Wildman–Crippen MR) is 194 cm³/mol. The van der Waals surface area contributed by atoms with Gasteiger partial charge in [0.25, 0.3) is 0 Å². The van der Waals surface area contributed by atoms with Crippen molar-refractivity contribution in [1.82, 2.24) is 5.32 Å². The number of rotatable bonds is 28. The normalized spacial score (nSPS) is 30.8. The Kier molecular flexibility index (Phi) is 24.6. The first-order valence-electron chi connectivity index (χ1n) is 19.9. The number of nitrogens with one attached hydrogen (secondary N) is 1. The van der Waals surface area contributed by atoms with Crippen LogP contribution in [-0.2, 0) is 23.7 Å². The molecule has 0 spiro atoms. The molecule has 14 nitrogen and oxygen atoms in total. The quantitative estimate of drug-likeness (QED) is 0.0413. The second kappa shape index (κ2) is 27.3. The first kappa shape index (κ1) is 46.9. The Morgan fingerprint density at radius 3 is 1.77 bits per heavy atom. The summed E-state index contributed by atoms with van der Waals surface area (Å²) in [7, 11) is 0. The molecule has 52 heavy (non-hydrogen) atoms. The molecular formula is C38H71NO13. The molecule has 0 aromatic rings. The minimum absolute atomic E-state index is 0.255. The summed E-state index contributed by atoms with van der Waals surface area (Å²) in [5.41, 5.74) is 0. The summed E-state index contributed by atoms with van der Waals surface area (Å²) in [4.78, 5) is 12.8. The molecule has 1 amide bonds. The standard InChI is InChI=1S/C38H71NO13/c1-3-5-7-9-10-11-12-13-14-15-16-18-19-21-27(42)26(39-30(43)22-20-17-8-6-4-2)25-49-37-35(48)33(46)36(29(24-41)51-37)52-38-34(47)32(45)31(44)28(23-40)50-38/h19,21,26-29,31-38,40-42,44-48H,3-18,20,22-25H2,1-2H3,(H,39,43)/t26-,27+,28?,29?,31?,32?,33?,34?,35?,36?,37?,38?/m0/s1. The molecule has 2 saturated heterocycles. The van der Waals surface area contributed by atoms with Crippen LogP contribution in [0.5, 0.6) is 0 Å². The number of aliphatic hydroxyl groups is 8. The van der Waals surface area contributed by atoms with Crippen molar-refractivity contribution in [2.75, 3.05) is 19.8 Å². The molecule has 0 saturated carbocycles. The molecule has 12 atom stereocenters. The molecule has 2 fully saturated rings. The summed E-state index contributed by atoms with van der Waals surface area (Å²) >= 11 is 0. The summed E-state index contributed by atoms with van der Waals surface area (Å²) in [6.45, 7) is 2.64. The van der Waals surface area contributed by atoms with Crippen molar-refractivity contribution in [3.63, 3.8) is 0 Å². The molecule has 2 aliphatic rings. The van der Waals surface area contributed by atoms with E-state index in [0.29, 0.717) is 6.42 Å². The van der Waals surface area contributed by atoms with Gasteiger partial charge in [-0.3, -0.25) is 4.79 Å². The molecular weight excluding hydrogens is 678 g/mol. The third-order valence-corrected chi connectivity index (χ3v) is 9.97. The molecule has 0 bridgehead atoms. The van der Waals surface area contributed by atoms with Crippen LogP contribution in [0.25, 0.3) is 0 Å². The molecule has 0 aromatic heterocycles. The van der Waals surface area contributed by atoms with Crippen molar-refractivity contribution in [2.45, 2.75) is 203 Å². The predicted octanol–water partition coefficient (Wildman–Crippen LogP) is 2.09. The van der Waals surface area contributed by atoms with E-state index in [0.717, 1.165) is 44.9 Å². The van der Waals surface area contributed by atoms with E-state index in [1.54, 1.807) is 6.08 Å². The molecule has 9 N–H and O–H groups in total. The van der Waals surface area contributed by atoms with E-state index in [-0.39, 0.29) is 18.9 Å². The van der Waals surface area contributed by atoms with Gasteiger partial charge in [-0.05, 0) is 19.3 Å². The zero-order chi connectivity index (χ0) is 38.3. The van der Waals surface area contributed by atoms with Crippen LogP contribution in [0.4, 0.5) is 0 Å². The lowest BCUT2D eigenvalue weighted by atomic mass is 9.97. The molecule has 0 aliphatic carbocycles. The number of hydrogen-bond donors (Lipinski definition) is 9. The summed E-state index contributed by atoms with van der Waals surface area (Å²) < 4.78 is 22.5. The first-order chi connectivity index (χ1) is 25.1. The lowest BCUT2D eigenvalue weighted by Gasteiger charge is -2.46. The van der Waals surface area contributed by atoms with Crippen LogP contribution in [0.3, 0.4) is 0 Å². The van der Waals surface area contributed by atoms with E-state index >= 15 is 0 Å². The van der Waals surface area contributed by atoms with Gasteiger partial charge >= 0.3 is 0 Å². The van der Waals surface area contributed by atoms with E-state index in [4.69, 9.17) is 18.9 Å². The van der Waals surface area contributed by atoms with Crippen molar-refractivity contribution in [3.05, 3.63) is 12.2 Å². The lowest BCUT2D eigenvalue weighted by molar-refractivity contribution is -0.359. The third kappa shape index (κ3) is 16.6. The van der Waals surface area contributed by atoms with Gasteiger partial charge in [-0.25, -0.2) is 0 Å². The Bertz CT molecular complexity index is 941. The van der Waals surface area contributed by atoms with Crippen molar-refractivity contribution in [3.8, 4) is 0 Å². The molecule has 0 radical (unpaired) electrons. The van der Waals surface area contributed by atoms with Gasteiger partial charge in [0, 0.05) is 6.42 Å². The minimum Gasteiger partial charge on any atom is -0.394 e. The van der Waals surface area contributed by atoms with Gasteiger partial charge < -0.3 is 65.1 Å². The van der Waals surface area contributed by atoms with Gasteiger partial charge in [-0.15, -0.1) is 0 Å².